The highest BCUT2D eigenvalue weighted by atomic mass is 35.5. The van der Waals surface area contributed by atoms with Crippen LogP contribution in [0.15, 0.2) is 54.9 Å². The summed E-state index contributed by atoms with van der Waals surface area (Å²) in [6.45, 7) is 1.88. The molecule has 4 aromatic rings. The molecular formula is C21H15Cl2FN4O. The molecule has 0 bridgehead atoms. The molecule has 1 atom stereocenters. The summed E-state index contributed by atoms with van der Waals surface area (Å²) in [6.07, 6.45) is 3.34. The third kappa shape index (κ3) is 3.81. The summed E-state index contributed by atoms with van der Waals surface area (Å²) < 4.78 is 14.2. The van der Waals surface area contributed by atoms with Crippen LogP contribution in [0.25, 0.3) is 22.4 Å². The summed E-state index contributed by atoms with van der Waals surface area (Å²) in [5.74, 6) is -0.553. The number of rotatable bonds is 4. The lowest BCUT2D eigenvalue weighted by Crippen LogP contribution is -2.26. The van der Waals surface area contributed by atoms with Crippen LogP contribution in [-0.2, 0) is 0 Å². The first-order chi connectivity index (χ1) is 13.9. The molecule has 1 amide bonds. The van der Waals surface area contributed by atoms with Crippen molar-refractivity contribution in [2.45, 2.75) is 13.0 Å². The maximum absolute atomic E-state index is 14.2. The van der Waals surface area contributed by atoms with Crippen LogP contribution in [0.3, 0.4) is 0 Å². The maximum atomic E-state index is 14.2. The monoisotopic (exact) mass is 428 g/mol. The van der Waals surface area contributed by atoms with Crippen LogP contribution >= 0.6 is 23.2 Å². The standard InChI is InChI=1S/C21H15Cl2FN4O/c1-11(12-5-7-25-8-6-12)26-21(29)13-9-15(23)19-17(10-13)27-20(28-19)18-14(22)3-2-4-16(18)24/h2-11H,1H3,(H,26,29)(H,27,28). The number of pyridine rings is 1. The first-order valence-corrected chi connectivity index (χ1v) is 9.54. The van der Waals surface area contributed by atoms with Crippen LogP contribution in [0.2, 0.25) is 10.0 Å². The lowest BCUT2D eigenvalue weighted by atomic mass is 10.1. The van der Waals surface area contributed by atoms with E-state index in [0.29, 0.717) is 16.6 Å². The highest BCUT2D eigenvalue weighted by molar-refractivity contribution is 6.35. The average molecular weight is 429 g/mol. The Balaban J connectivity index is 1.68. The Morgan fingerprint density at radius 3 is 2.62 bits per heavy atom. The van der Waals surface area contributed by atoms with Crippen molar-refractivity contribution in [1.82, 2.24) is 20.3 Å². The Kier molecular flexibility index (Phi) is 5.22. The van der Waals surface area contributed by atoms with Crippen molar-refractivity contribution < 1.29 is 9.18 Å². The Morgan fingerprint density at radius 2 is 1.90 bits per heavy atom. The SMILES string of the molecule is CC(NC(=O)c1cc(Cl)c2nc(-c3c(F)cccc3Cl)[nH]c2c1)c1ccncc1. The molecule has 0 radical (unpaired) electrons. The van der Waals surface area contributed by atoms with Gasteiger partial charge in [0, 0.05) is 18.0 Å². The van der Waals surface area contributed by atoms with Crippen LogP contribution < -0.4 is 5.32 Å². The molecule has 0 saturated heterocycles. The van der Waals surface area contributed by atoms with E-state index in [-0.39, 0.29) is 33.4 Å². The van der Waals surface area contributed by atoms with Gasteiger partial charge in [0.2, 0.25) is 0 Å². The lowest BCUT2D eigenvalue weighted by molar-refractivity contribution is 0.0940. The van der Waals surface area contributed by atoms with Gasteiger partial charge in [0.05, 0.1) is 27.2 Å². The van der Waals surface area contributed by atoms with E-state index in [0.717, 1.165) is 5.56 Å². The van der Waals surface area contributed by atoms with Gasteiger partial charge < -0.3 is 10.3 Å². The van der Waals surface area contributed by atoms with Gasteiger partial charge in [-0.05, 0) is 48.9 Å². The summed E-state index contributed by atoms with van der Waals surface area (Å²) >= 11 is 12.5. The van der Waals surface area contributed by atoms with E-state index in [1.54, 1.807) is 24.5 Å². The highest BCUT2D eigenvalue weighted by Gasteiger charge is 2.18. The first-order valence-electron chi connectivity index (χ1n) is 8.78. The minimum absolute atomic E-state index is 0.152. The summed E-state index contributed by atoms with van der Waals surface area (Å²) in [7, 11) is 0. The molecule has 0 aliphatic heterocycles. The smallest absolute Gasteiger partial charge is 0.251 e. The van der Waals surface area contributed by atoms with E-state index in [1.165, 1.54) is 18.2 Å². The molecule has 2 aromatic heterocycles. The molecule has 2 aromatic carbocycles. The fourth-order valence-electron chi connectivity index (χ4n) is 3.06. The van der Waals surface area contributed by atoms with Gasteiger partial charge in [-0.3, -0.25) is 9.78 Å². The van der Waals surface area contributed by atoms with Gasteiger partial charge in [0.1, 0.15) is 17.2 Å². The average Bonchev–Trinajstić information content (AvgIpc) is 3.12. The van der Waals surface area contributed by atoms with Gasteiger partial charge in [0.15, 0.2) is 0 Å². The number of carbonyl (C=O) groups is 1. The number of halogens is 3. The quantitative estimate of drug-likeness (QED) is 0.446. The van der Waals surface area contributed by atoms with Crippen molar-refractivity contribution in [3.63, 3.8) is 0 Å². The molecule has 0 spiro atoms. The molecule has 5 nitrogen and oxygen atoms in total. The van der Waals surface area contributed by atoms with Gasteiger partial charge in [-0.15, -0.1) is 0 Å². The van der Waals surface area contributed by atoms with E-state index < -0.39 is 5.82 Å². The highest BCUT2D eigenvalue weighted by Crippen LogP contribution is 2.32. The number of hydrogen-bond acceptors (Lipinski definition) is 3. The number of amides is 1. The number of aromatic amines is 1. The van der Waals surface area contributed by atoms with Gasteiger partial charge in [-0.1, -0.05) is 29.3 Å². The van der Waals surface area contributed by atoms with E-state index in [1.807, 2.05) is 19.1 Å². The predicted molar refractivity (Wildman–Crippen MR) is 112 cm³/mol. The minimum Gasteiger partial charge on any atom is -0.346 e. The second kappa shape index (κ2) is 7.81. The molecule has 4 rings (SSSR count). The van der Waals surface area contributed by atoms with Crippen LogP contribution in [0.5, 0.6) is 0 Å². The Bertz CT molecular complexity index is 1190. The maximum Gasteiger partial charge on any atom is 0.251 e. The molecule has 0 fully saturated rings. The van der Waals surface area contributed by atoms with Gasteiger partial charge in [-0.25, -0.2) is 9.37 Å². The molecule has 2 N–H and O–H groups in total. The van der Waals surface area contributed by atoms with Crippen LogP contribution in [0.1, 0.15) is 28.9 Å². The number of H-pyrrole nitrogens is 1. The van der Waals surface area contributed by atoms with E-state index in [9.17, 15) is 9.18 Å². The summed E-state index contributed by atoms with van der Waals surface area (Å²) in [6, 6.07) is 11.0. The van der Waals surface area contributed by atoms with Crippen molar-refractivity contribution in [3.05, 3.63) is 81.8 Å². The largest absolute Gasteiger partial charge is 0.346 e. The normalized spacial score (nSPS) is 12.1. The van der Waals surface area contributed by atoms with Gasteiger partial charge in [-0.2, -0.15) is 0 Å². The summed E-state index contributed by atoms with van der Waals surface area (Å²) in [5, 5.41) is 3.42. The number of aromatic nitrogens is 3. The van der Waals surface area contributed by atoms with Gasteiger partial charge in [0.25, 0.3) is 5.91 Å². The van der Waals surface area contributed by atoms with Crippen molar-refractivity contribution in [1.29, 1.82) is 0 Å². The van der Waals surface area contributed by atoms with Crippen LogP contribution in [-0.4, -0.2) is 20.9 Å². The number of nitrogens with zero attached hydrogens (tertiary/aromatic N) is 2. The number of nitrogens with one attached hydrogen (secondary N) is 2. The van der Waals surface area contributed by atoms with Crippen molar-refractivity contribution in [3.8, 4) is 11.4 Å². The minimum atomic E-state index is -0.503. The van der Waals surface area contributed by atoms with Gasteiger partial charge >= 0.3 is 0 Å². The topological polar surface area (TPSA) is 70.7 Å². The molecule has 8 heteroatoms. The zero-order valence-corrected chi connectivity index (χ0v) is 16.7. The second-order valence-electron chi connectivity index (χ2n) is 6.51. The zero-order valence-electron chi connectivity index (χ0n) is 15.2. The molecule has 0 saturated carbocycles. The molecular weight excluding hydrogens is 414 g/mol. The number of fused-ring (bicyclic) bond motifs is 1. The molecule has 2 heterocycles. The molecule has 146 valence electrons. The fourth-order valence-corrected chi connectivity index (χ4v) is 3.58. The number of carbonyl (C=O) groups excluding carboxylic acids is 1. The van der Waals surface area contributed by atoms with Crippen LogP contribution in [0, 0.1) is 5.82 Å². The molecule has 1 unspecified atom stereocenters. The molecule has 0 aliphatic carbocycles. The second-order valence-corrected chi connectivity index (χ2v) is 7.33. The Hall–Kier alpha value is -2.96. The zero-order chi connectivity index (χ0) is 20.5. The number of benzene rings is 2. The predicted octanol–water partition coefficient (Wildman–Crippen LogP) is 5.56. The van der Waals surface area contributed by atoms with E-state index in [2.05, 4.69) is 20.3 Å². The fraction of sp³-hybridized carbons (Fsp3) is 0.0952. The van der Waals surface area contributed by atoms with E-state index >= 15 is 0 Å². The number of hydrogen-bond donors (Lipinski definition) is 2. The van der Waals surface area contributed by atoms with Crippen molar-refractivity contribution >= 4 is 40.1 Å². The third-order valence-electron chi connectivity index (χ3n) is 4.56. The van der Waals surface area contributed by atoms with E-state index in [4.69, 9.17) is 23.2 Å². The molecule has 0 aliphatic rings. The van der Waals surface area contributed by atoms with Crippen molar-refractivity contribution in [2.75, 3.05) is 0 Å². The van der Waals surface area contributed by atoms with Crippen molar-refractivity contribution in [2.24, 2.45) is 0 Å². The third-order valence-corrected chi connectivity index (χ3v) is 5.16. The van der Waals surface area contributed by atoms with Crippen LogP contribution in [0.4, 0.5) is 4.39 Å². The Morgan fingerprint density at radius 1 is 1.14 bits per heavy atom. The molecule has 29 heavy (non-hydrogen) atoms. The Labute approximate surface area is 175 Å². The first kappa shape index (κ1) is 19.4. The summed E-state index contributed by atoms with van der Waals surface area (Å²) in [4.78, 5) is 24.1. The lowest BCUT2D eigenvalue weighted by Gasteiger charge is -2.14. The number of imidazole rings is 1. The summed E-state index contributed by atoms with van der Waals surface area (Å²) in [5.41, 5.74) is 2.38.